The van der Waals surface area contributed by atoms with Crippen LogP contribution in [0.3, 0.4) is 0 Å². The molecule has 0 saturated heterocycles. The number of hydrogen-bond acceptors (Lipinski definition) is 4. The Morgan fingerprint density at radius 1 is 0.960 bits per heavy atom. The number of nitrogens with zero attached hydrogens (tertiary/aromatic N) is 1. The fraction of sp³-hybridized carbons (Fsp3) is 0.100. The number of rotatable bonds is 6. The van der Waals surface area contributed by atoms with Crippen molar-refractivity contribution >= 4 is 39.8 Å². The second kappa shape index (κ2) is 8.22. The van der Waals surface area contributed by atoms with Crippen LogP contribution >= 0.6 is 11.8 Å². The summed E-state index contributed by atoms with van der Waals surface area (Å²) >= 11 is 1.41. The maximum atomic E-state index is 12.3. The molecule has 0 radical (unpaired) electrons. The van der Waals surface area contributed by atoms with Crippen LogP contribution < -0.4 is 10.6 Å². The maximum absolute atomic E-state index is 12.3. The summed E-state index contributed by atoms with van der Waals surface area (Å²) in [6.07, 6.45) is 0. The second-order valence-corrected chi connectivity index (χ2v) is 6.39. The number of nitrogens with one attached hydrogen (secondary N) is 2. The summed E-state index contributed by atoms with van der Waals surface area (Å²) in [4.78, 5) is 13.2. The van der Waals surface area contributed by atoms with Gasteiger partial charge in [0.05, 0.1) is 24.1 Å². The molecule has 0 heterocycles. The largest absolute Gasteiger partial charge is 0.376 e. The van der Waals surface area contributed by atoms with Gasteiger partial charge in [-0.05, 0) is 23.6 Å². The molecule has 0 spiro atoms. The number of benzene rings is 3. The summed E-state index contributed by atoms with van der Waals surface area (Å²) in [7, 11) is 0. The molecule has 3 aromatic carbocycles. The topological polar surface area (TPSA) is 64.9 Å². The summed E-state index contributed by atoms with van der Waals surface area (Å²) < 4.78 is 0. The van der Waals surface area contributed by atoms with Crippen LogP contribution in [0.25, 0.3) is 10.8 Å². The molecule has 3 aromatic rings. The highest BCUT2D eigenvalue weighted by atomic mass is 32.2. The average molecular weight is 347 g/mol. The van der Waals surface area contributed by atoms with Gasteiger partial charge in [0.15, 0.2) is 0 Å². The van der Waals surface area contributed by atoms with Crippen molar-refractivity contribution in [1.29, 1.82) is 5.26 Å². The van der Waals surface area contributed by atoms with E-state index in [0.29, 0.717) is 5.75 Å². The minimum atomic E-state index is -0.127. The van der Waals surface area contributed by atoms with Gasteiger partial charge in [0.25, 0.3) is 0 Å². The van der Waals surface area contributed by atoms with Crippen molar-refractivity contribution in [2.75, 3.05) is 22.9 Å². The SMILES string of the molecule is N#CCSc1ccccc1NC(=O)CNc1cccc2ccccc12. The average Bonchev–Trinajstić information content (AvgIpc) is 2.65. The van der Waals surface area contributed by atoms with E-state index in [0.717, 1.165) is 27.0 Å². The van der Waals surface area contributed by atoms with E-state index in [1.807, 2.05) is 66.7 Å². The molecule has 2 N–H and O–H groups in total. The zero-order valence-corrected chi connectivity index (χ0v) is 14.3. The van der Waals surface area contributed by atoms with Crippen molar-refractivity contribution in [3.8, 4) is 6.07 Å². The first-order chi connectivity index (χ1) is 12.3. The van der Waals surface area contributed by atoms with E-state index in [1.54, 1.807) is 0 Å². The maximum Gasteiger partial charge on any atom is 0.243 e. The molecule has 124 valence electrons. The molecule has 5 heteroatoms. The quantitative estimate of drug-likeness (QED) is 0.644. The van der Waals surface area contributed by atoms with Gasteiger partial charge in [-0.3, -0.25) is 4.79 Å². The van der Waals surface area contributed by atoms with E-state index < -0.39 is 0 Å². The van der Waals surface area contributed by atoms with Gasteiger partial charge in [-0.2, -0.15) is 5.26 Å². The highest BCUT2D eigenvalue weighted by molar-refractivity contribution is 7.99. The Labute approximate surface area is 150 Å². The first-order valence-electron chi connectivity index (χ1n) is 7.88. The Kier molecular flexibility index (Phi) is 5.55. The first kappa shape index (κ1) is 16.9. The van der Waals surface area contributed by atoms with Crippen LogP contribution in [0.1, 0.15) is 0 Å². The van der Waals surface area contributed by atoms with Crippen LogP contribution in [0, 0.1) is 11.3 Å². The Hall–Kier alpha value is -2.97. The number of carbonyl (C=O) groups is 1. The Balaban J connectivity index is 1.66. The molecule has 0 atom stereocenters. The molecule has 0 aliphatic rings. The predicted molar refractivity (Wildman–Crippen MR) is 104 cm³/mol. The molecule has 0 aromatic heterocycles. The number of thioether (sulfide) groups is 1. The van der Waals surface area contributed by atoms with Crippen LogP contribution in [0.4, 0.5) is 11.4 Å². The van der Waals surface area contributed by atoms with Crippen molar-refractivity contribution in [2.45, 2.75) is 4.90 Å². The fourth-order valence-corrected chi connectivity index (χ4v) is 3.22. The van der Waals surface area contributed by atoms with Crippen LogP contribution in [-0.2, 0) is 4.79 Å². The van der Waals surface area contributed by atoms with E-state index in [4.69, 9.17) is 5.26 Å². The number of nitriles is 1. The van der Waals surface area contributed by atoms with E-state index in [-0.39, 0.29) is 12.5 Å². The van der Waals surface area contributed by atoms with Crippen molar-refractivity contribution < 1.29 is 4.79 Å². The lowest BCUT2D eigenvalue weighted by atomic mass is 10.1. The molecular formula is C20H17N3OS. The lowest BCUT2D eigenvalue weighted by molar-refractivity contribution is -0.114. The first-order valence-corrected chi connectivity index (χ1v) is 8.87. The Morgan fingerprint density at radius 3 is 2.56 bits per heavy atom. The predicted octanol–water partition coefficient (Wildman–Crippen LogP) is 4.51. The Morgan fingerprint density at radius 2 is 1.68 bits per heavy atom. The van der Waals surface area contributed by atoms with Gasteiger partial charge in [-0.25, -0.2) is 0 Å². The normalized spacial score (nSPS) is 10.2. The molecule has 0 saturated carbocycles. The van der Waals surface area contributed by atoms with Crippen LogP contribution in [0.5, 0.6) is 0 Å². The molecule has 0 aliphatic carbocycles. The molecule has 0 aliphatic heterocycles. The summed E-state index contributed by atoms with van der Waals surface area (Å²) in [6.45, 7) is 0.172. The Bertz CT molecular complexity index is 928. The minimum Gasteiger partial charge on any atom is -0.376 e. The number of amides is 1. The third-order valence-electron chi connectivity index (χ3n) is 3.68. The number of carbonyl (C=O) groups excluding carboxylic acids is 1. The third-order valence-corrected chi connectivity index (χ3v) is 4.62. The molecule has 0 unspecified atom stereocenters. The smallest absolute Gasteiger partial charge is 0.243 e. The van der Waals surface area contributed by atoms with Gasteiger partial charge in [0.1, 0.15) is 0 Å². The summed E-state index contributed by atoms with van der Waals surface area (Å²) in [5.41, 5.74) is 1.66. The van der Waals surface area contributed by atoms with Gasteiger partial charge in [0, 0.05) is 16.0 Å². The van der Waals surface area contributed by atoms with E-state index in [9.17, 15) is 4.79 Å². The number of para-hydroxylation sites is 1. The second-order valence-electron chi connectivity index (χ2n) is 5.37. The highest BCUT2D eigenvalue weighted by Gasteiger charge is 2.08. The molecule has 1 amide bonds. The zero-order chi connectivity index (χ0) is 17.5. The molecular weight excluding hydrogens is 330 g/mol. The minimum absolute atomic E-state index is 0.127. The highest BCUT2D eigenvalue weighted by Crippen LogP contribution is 2.27. The number of anilines is 2. The number of fused-ring (bicyclic) bond motifs is 1. The van der Waals surface area contributed by atoms with Gasteiger partial charge < -0.3 is 10.6 Å². The van der Waals surface area contributed by atoms with Crippen LogP contribution in [0.2, 0.25) is 0 Å². The van der Waals surface area contributed by atoms with E-state index in [1.165, 1.54) is 11.8 Å². The fourth-order valence-electron chi connectivity index (χ4n) is 2.56. The van der Waals surface area contributed by atoms with E-state index in [2.05, 4.69) is 16.7 Å². The zero-order valence-electron chi connectivity index (χ0n) is 13.5. The third kappa shape index (κ3) is 4.31. The summed E-state index contributed by atoms with van der Waals surface area (Å²) in [6, 6.07) is 23.6. The molecule has 25 heavy (non-hydrogen) atoms. The lowest BCUT2D eigenvalue weighted by Crippen LogP contribution is -2.22. The van der Waals surface area contributed by atoms with Crippen molar-refractivity contribution in [1.82, 2.24) is 0 Å². The van der Waals surface area contributed by atoms with Crippen LogP contribution in [0.15, 0.2) is 71.6 Å². The molecule has 0 bridgehead atoms. The molecule has 3 rings (SSSR count). The van der Waals surface area contributed by atoms with Gasteiger partial charge in [0.2, 0.25) is 5.91 Å². The number of hydrogen-bond donors (Lipinski definition) is 2. The van der Waals surface area contributed by atoms with E-state index >= 15 is 0 Å². The standard InChI is InChI=1S/C20H17N3OS/c21-12-13-25-19-11-4-3-9-18(19)23-20(24)14-22-17-10-5-7-15-6-1-2-8-16(15)17/h1-11,22H,13-14H2,(H,23,24). The summed E-state index contributed by atoms with van der Waals surface area (Å²) in [5.74, 6) is 0.221. The van der Waals surface area contributed by atoms with Crippen molar-refractivity contribution in [2.24, 2.45) is 0 Å². The van der Waals surface area contributed by atoms with Crippen molar-refractivity contribution in [3.63, 3.8) is 0 Å². The lowest BCUT2D eigenvalue weighted by Gasteiger charge is -2.12. The van der Waals surface area contributed by atoms with Crippen molar-refractivity contribution in [3.05, 3.63) is 66.7 Å². The van der Waals surface area contributed by atoms with Gasteiger partial charge in [-0.1, -0.05) is 48.5 Å². The van der Waals surface area contributed by atoms with Gasteiger partial charge in [-0.15, -0.1) is 11.8 Å². The van der Waals surface area contributed by atoms with Crippen LogP contribution in [-0.4, -0.2) is 18.2 Å². The van der Waals surface area contributed by atoms with Gasteiger partial charge >= 0.3 is 0 Å². The molecule has 0 fully saturated rings. The monoisotopic (exact) mass is 347 g/mol. The summed E-state index contributed by atoms with van der Waals surface area (Å²) in [5, 5.41) is 17.1. The molecule has 4 nitrogen and oxygen atoms in total.